The van der Waals surface area contributed by atoms with Crippen LogP contribution in [-0.4, -0.2) is 48.1 Å². The van der Waals surface area contributed by atoms with Crippen LogP contribution >= 0.6 is 0 Å². The monoisotopic (exact) mass is 270 g/mol. The molecule has 0 aromatic rings. The van der Waals surface area contributed by atoms with Crippen LogP contribution in [-0.2, 0) is 9.59 Å². The molecule has 1 atom stereocenters. The van der Waals surface area contributed by atoms with Gasteiger partial charge in [0.15, 0.2) is 0 Å². The number of piperidine rings is 1. The van der Waals surface area contributed by atoms with Crippen LogP contribution in [0.2, 0.25) is 0 Å². The van der Waals surface area contributed by atoms with E-state index in [4.69, 9.17) is 5.11 Å². The summed E-state index contributed by atoms with van der Waals surface area (Å²) in [6.07, 6.45) is 3.22. The number of carbonyl (C=O) groups excluding carboxylic acids is 2. The third-order valence-electron chi connectivity index (χ3n) is 3.52. The van der Waals surface area contributed by atoms with Gasteiger partial charge in [0.2, 0.25) is 11.8 Å². The maximum absolute atomic E-state index is 11.9. The van der Waals surface area contributed by atoms with Crippen LogP contribution in [0, 0.1) is 11.8 Å². The zero-order valence-electron chi connectivity index (χ0n) is 12.0. The van der Waals surface area contributed by atoms with E-state index in [-0.39, 0.29) is 30.9 Å². The van der Waals surface area contributed by atoms with Gasteiger partial charge in [-0.05, 0) is 31.1 Å². The fourth-order valence-corrected chi connectivity index (χ4v) is 2.23. The molecule has 5 heteroatoms. The molecular weight excluding hydrogens is 244 g/mol. The molecule has 1 rings (SSSR count). The van der Waals surface area contributed by atoms with Crippen LogP contribution < -0.4 is 5.32 Å². The second kappa shape index (κ2) is 8.15. The molecule has 0 aromatic carbocycles. The van der Waals surface area contributed by atoms with Gasteiger partial charge in [0.05, 0.1) is 6.54 Å². The number of rotatable bonds is 6. The Labute approximate surface area is 115 Å². The van der Waals surface area contributed by atoms with Crippen molar-refractivity contribution in [3.63, 3.8) is 0 Å². The number of aliphatic hydroxyl groups excluding tert-OH is 1. The van der Waals surface area contributed by atoms with E-state index in [9.17, 15) is 9.59 Å². The third kappa shape index (κ3) is 6.05. The zero-order chi connectivity index (χ0) is 14.3. The standard InChI is InChI=1S/C14H26N2O3/c1-11(2)5-6-13(18)15-8-14(19)16-7-3-4-12(9-16)10-17/h11-12,17H,3-10H2,1-2H3,(H,15,18). The first kappa shape index (κ1) is 16.0. The van der Waals surface area contributed by atoms with Crippen LogP contribution in [0.15, 0.2) is 0 Å². The van der Waals surface area contributed by atoms with Crippen molar-refractivity contribution < 1.29 is 14.7 Å². The maximum Gasteiger partial charge on any atom is 0.241 e. The van der Waals surface area contributed by atoms with Crippen molar-refractivity contribution in [3.05, 3.63) is 0 Å². The molecule has 1 aliphatic rings. The quantitative estimate of drug-likeness (QED) is 0.749. The highest BCUT2D eigenvalue weighted by atomic mass is 16.3. The Morgan fingerprint density at radius 3 is 2.79 bits per heavy atom. The fourth-order valence-electron chi connectivity index (χ4n) is 2.23. The lowest BCUT2D eigenvalue weighted by molar-refractivity contribution is -0.134. The van der Waals surface area contributed by atoms with Gasteiger partial charge >= 0.3 is 0 Å². The largest absolute Gasteiger partial charge is 0.396 e. The molecule has 0 spiro atoms. The molecule has 5 nitrogen and oxygen atoms in total. The van der Waals surface area contributed by atoms with E-state index in [1.54, 1.807) is 4.90 Å². The molecule has 0 bridgehead atoms. The van der Waals surface area contributed by atoms with Gasteiger partial charge in [-0.15, -0.1) is 0 Å². The van der Waals surface area contributed by atoms with E-state index in [2.05, 4.69) is 19.2 Å². The smallest absolute Gasteiger partial charge is 0.241 e. The normalized spacial score (nSPS) is 19.6. The first-order chi connectivity index (χ1) is 9.02. The number of likely N-dealkylation sites (tertiary alicyclic amines) is 1. The van der Waals surface area contributed by atoms with Crippen molar-refractivity contribution in [2.75, 3.05) is 26.2 Å². The van der Waals surface area contributed by atoms with Crippen LogP contribution in [0.25, 0.3) is 0 Å². The summed E-state index contributed by atoms with van der Waals surface area (Å²) >= 11 is 0. The second-order valence-corrected chi connectivity index (χ2v) is 5.74. The molecular formula is C14H26N2O3. The molecule has 0 aromatic heterocycles. The molecule has 1 heterocycles. The zero-order valence-corrected chi connectivity index (χ0v) is 12.0. The predicted molar refractivity (Wildman–Crippen MR) is 73.5 cm³/mol. The third-order valence-corrected chi connectivity index (χ3v) is 3.52. The Bertz CT molecular complexity index is 305. The molecule has 1 saturated heterocycles. The highest BCUT2D eigenvalue weighted by molar-refractivity contribution is 5.84. The van der Waals surface area contributed by atoms with E-state index < -0.39 is 0 Å². The lowest BCUT2D eigenvalue weighted by Crippen LogP contribution is -2.45. The molecule has 2 N–H and O–H groups in total. The summed E-state index contributed by atoms with van der Waals surface area (Å²) in [7, 11) is 0. The molecule has 0 aliphatic carbocycles. The molecule has 0 radical (unpaired) electrons. The highest BCUT2D eigenvalue weighted by Gasteiger charge is 2.23. The molecule has 1 unspecified atom stereocenters. The minimum Gasteiger partial charge on any atom is -0.396 e. The van der Waals surface area contributed by atoms with Gasteiger partial charge in [0.1, 0.15) is 0 Å². The summed E-state index contributed by atoms with van der Waals surface area (Å²) in [6.45, 7) is 5.69. The number of nitrogens with one attached hydrogen (secondary N) is 1. The summed E-state index contributed by atoms with van der Waals surface area (Å²) in [5, 5.41) is 11.8. The number of hydrogen-bond donors (Lipinski definition) is 2. The van der Waals surface area contributed by atoms with Crippen molar-refractivity contribution in [2.45, 2.75) is 39.5 Å². The minimum absolute atomic E-state index is 0.0453. The Kier molecular flexibility index (Phi) is 6.84. The summed E-state index contributed by atoms with van der Waals surface area (Å²) in [6, 6.07) is 0. The summed E-state index contributed by atoms with van der Waals surface area (Å²) in [4.78, 5) is 25.2. The Morgan fingerprint density at radius 2 is 2.16 bits per heavy atom. The fraction of sp³-hybridized carbons (Fsp3) is 0.857. The van der Waals surface area contributed by atoms with Gasteiger partial charge in [-0.25, -0.2) is 0 Å². The highest BCUT2D eigenvalue weighted by Crippen LogP contribution is 2.15. The molecule has 110 valence electrons. The van der Waals surface area contributed by atoms with Gasteiger partial charge in [-0.1, -0.05) is 13.8 Å². The molecule has 0 saturated carbocycles. The number of amides is 2. The molecule has 19 heavy (non-hydrogen) atoms. The summed E-state index contributed by atoms with van der Waals surface area (Å²) in [5.74, 6) is 0.581. The first-order valence-electron chi connectivity index (χ1n) is 7.18. The minimum atomic E-state index is -0.0576. The van der Waals surface area contributed by atoms with Crippen molar-refractivity contribution in [1.29, 1.82) is 0 Å². The van der Waals surface area contributed by atoms with Gasteiger partial charge in [0.25, 0.3) is 0 Å². The average molecular weight is 270 g/mol. The molecule has 2 amide bonds. The Balaban J connectivity index is 2.25. The van der Waals surface area contributed by atoms with Crippen LogP contribution in [0.4, 0.5) is 0 Å². The Morgan fingerprint density at radius 1 is 1.42 bits per heavy atom. The molecule has 1 aliphatic heterocycles. The van der Waals surface area contributed by atoms with E-state index in [0.29, 0.717) is 18.9 Å². The lowest BCUT2D eigenvalue weighted by Gasteiger charge is -2.31. The molecule has 1 fully saturated rings. The Hall–Kier alpha value is -1.10. The SMILES string of the molecule is CC(C)CCC(=O)NCC(=O)N1CCCC(CO)C1. The van der Waals surface area contributed by atoms with Gasteiger partial charge in [-0.3, -0.25) is 9.59 Å². The van der Waals surface area contributed by atoms with Crippen molar-refractivity contribution in [3.8, 4) is 0 Å². The van der Waals surface area contributed by atoms with Crippen LogP contribution in [0.1, 0.15) is 39.5 Å². The number of carbonyl (C=O) groups is 2. The number of nitrogens with zero attached hydrogens (tertiary/aromatic N) is 1. The second-order valence-electron chi connectivity index (χ2n) is 5.74. The van der Waals surface area contributed by atoms with Gasteiger partial charge in [-0.2, -0.15) is 0 Å². The summed E-state index contributed by atoms with van der Waals surface area (Å²) in [5.41, 5.74) is 0. The van der Waals surface area contributed by atoms with Crippen molar-refractivity contribution in [1.82, 2.24) is 10.2 Å². The van der Waals surface area contributed by atoms with E-state index in [0.717, 1.165) is 25.8 Å². The first-order valence-corrected chi connectivity index (χ1v) is 7.18. The van der Waals surface area contributed by atoms with Gasteiger partial charge in [0, 0.05) is 26.1 Å². The van der Waals surface area contributed by atoms with Gasteiger partial charge < -0.3 is 15.3 Å². The lowest BCUT2D eigenvalue weighted by atomic mass is 9.99. The van der Waals surface area contributed by atoms with Crippen LogP contribution in [0.5, 0.6) is 0 Å². The van der Waals surface area contributed by atoms with E-state index >= 15 is 0 Å². The average Bonchev–Trinajstić information content (AvgIpc) is 2.42. The van der Waals surface area contributed by atoms with Crippen molar-refractivity contribution >= 4 is 11.8 Å². The van der Waals surface area contributed by atoms with Crippen molar-refractivity contribution in [2.24, 2.45) is 11.8 Å². The van der Waals surface area contributed by atoms with Crippen LogP contribution in [0.3, 0.4) is 0 Å². The summed E-state index contributed by atoms with van der Waals surface area (Å²) < 4.78 is 0. The number of aliphatic hydroxyl groups is 1. The van der Waals surface area contributed by atoms with E-state index in [1.165, 1.54) is 0 Å². The topological polar surface area (TPSA) is 69.6 Å². The predicted octanol–water partition coefficient (Wildman–Crippen LogP) is 0.770. The van der Waals surface area contributed by atoms with E-state index in [1.807, 2.05) is 0 Å². The maximum atomic E-state index is 11.9. The number of hydrogen-bond acceptors (Lipinski definition) is 3.